The molecule has 23 heavy (non-hydrogen) atoms. The van der Waals surface area contributed by atoms with Crippen molar-refractivity contribution in [1.29, 1.82) is 0 Å². The van der Waals surface area contributed by atoms with E-state index >= 15 is 0 Å². The van der Waals surface area contributed by atoms with Gasteiger partial charge in [-0.05, 0) is 63.1 Å². The molecule has 2 nitrogen and oxygen atoms in total. The lowest BCUT2D eigenvalue weighted by Crippen LogP contribution is -2.17. The molecule has 0 saturated heterocycles. The lowest BCUT2D eigenvalue weighted by molar-refractivity contribution is 0.406. The second-order valence-corrected chi connectivity index (χ2v) is 7.04. The van der Waals surface area contributed by atoms with Gasteiger partial charge in [-0.2, -0.15) is 0 Å². The molecule has 0 fully saturated rings. The first-order valence-electron chi connectivity index (χ1n) is 8.81. The van der Waals surface area contributed by atoms with Gasteiger partial charge in [0.15, 0.2) is 0 Å². The van der Waals surface area contributed by atoms with E-state index in [0.717, 1.165) is 36.8 Å². The maximum Gasteiger partial charge on any atom is 0.123 e. The minimum atomic E-state index is 0.0194. The van der Waals surface area contributed by atoms with E-state index in [9.17, 15) is 10.2 Å². The van der Waals surface area contributed by atoms with Crippen LogP contribution in [-0.4, -0.2) is 10.2 Å². The molecule has 2 atom stereocenters. The van der Waals surface area contributed by atoms with Gasteiger partial charge in [-0.25, -0.2) is 0 Å². The van der Waals surface area contributed by atoms with Crippen LogP contribution in [0.25, 0.3) is 0 Å². The minimum Gasteiger partial charge on any atom is -0.507 e. The molecule has 1 aliphatic rings. The molecule has 126 valence electrons. The second kappa shape index (κ2) is 7.72. The molecular formula is C21H30O2. The fraction of sp³-hybridized carbons (Fsp3) is 0.524. The first-order valence-corrected chi connectivity index (χ1v) is 8.81. The number of allylic oxidation sites excluding steroid dienone is 3. The van der Waals surface area contributed by atoms with Gasteiger partial charge < -0.3 is 10.2 Å². The zero-order chi connectivity index (χ0) is 17.0. The Morgan fingerprint density at radius 2 is 1.87 bits per heavy atom. The molecule has 0 amide bonds. The third kappa shape index (κ3) is 4.19. The van der Waals surface area contributed by atoms with Gasteiger partial charge in [-0.1, -0.05) is 43.6 Å². The number of hydrogen-bond donors (Lipinski definition) is 2. The normalized spacial score (nSPS) is 21.1. The Bertz CT molecular complexity index is 575. The van der Waals surface area contributed by atoms with E-state index in [-0.39, 0.29) is 23.3 Å². The van der Waals surface area contributed by atoms with Crippen molar-refractivity contribution in [2.75, 3.05) is 0 Å². The predicted octanol–water partition coefficient (Wildman–Crippen LogP) is 5.85. The van der Waals surface area contributed by atoms with Crippen molar-refractivity contribution in [3.05, 3.63) is 47.1 Å². The van der Waals surface area contributed by atoms with Crippen LogP contribution in [0.5, 0.6) is 11.5 Å². The van der Waals surface area contributed by atoms with Gasteiger partial charge >= 0.3 is 0 Å². The SMILES string of the molecule is C=C(C)C1CCC(C)=C[C@H]1c1c(O)cc(CCCCC)cc1O. The van der Waals surface area contributed by atoms with Crippen LogP contribution in [0.3, 0.4) is 0 Å². The number of phenols is 2. The number of unbranched alkanes of at least 4 members (excludes halogenated alkanes) is 2. The molecule has 2 heteroatoms. The van der Waals surface area contributed by atoms with Gasteiger partial charge in [0.25, 0.3) is 0 Å². The summed E-state index contributed by atoms with van der Waals surface area (Å²) < 4.78 is 0. The van der Waals surface area contributed by atoms with Crippen molar-refractivity contribution in [3.63, 3.8) is 0 Å². The van der Waals surface area contributed by atoms with Gasteiger partial charge in [0.1, 0.15) is 11.5 Å². The van der Waals surface area contributed by atoms with Crippen LogP contribution >= 0.6 is 0 Å². The standard InChI is InChI=1S/C21H30O2/c1-5-6-7-8-16-12-19(22)21(20(23)13-16)18-11-15(4)9-10-17(18)14(2)3/h11-13,17-18,22-23H,2,5-10H2,1,3-4H3/t17?,18-/m1/s1. The second-order valence-electron chi connectivity index (χ2n) is 7.04. The van der Waals surface area contributed by atoms with E-state index in [2.05, 4.69) is 26.5 Å². The molecule has 1 aromatic carbocycles. The van der Waals surface area contributed by atoms with Crippen molar-refractivity contribution >= 4 is 0 Å². The van der Waals surface area contributed by atoms with Gasteiger partial charge in [0.2, 0.25) is 0 Å². The summed E-state index contributed by atoms with van der Waals surface area (Å²) in [6, 6.07) is 3.66. The summed E-state index contributed by atoms with van der Waals surface area (Å²) in [5.74, 6) is 0.741. The predicted molar refractivity (Wildman–Crippen MR) is 97.0 cm³/mol. The highest BCUT2D eigenvalue weighted by Gasteiger charge is 2.29. The van der Waals surface area contributed by atoms with Crippen molar-refractivity contribution in [3.8, 4) is 11.5 Å². The first kappa shape index (κ1) is 17.7. The molecule has 0 radical (unpaired) electrons. The smallest absolute Gasteiger partial charge is 0.123 e. The van der Waals surface area contributed by atoms with E-state index in [0.29, 0.717) is 5.56 Å². The highest BCUT2D eigenvalue weighted by Crippen LogP contribution is 2.46. The fourth-order valence-electron chi connectivity index (χ4n) is 3.65. The van der Waals surface area contributed by atoms with E-state index in [1.165, 1.54) is 18.4 Å². The van der Waals surface area contributed by atoms with Crippen LogP contribution in [0, 0.1) is 5.92 Å². The molecule has 0 aliphatic heterocycles. The summed E-state index contributed by atoms with van der Waals surface area (Å²) >= 11 is 0. The van der Waals surface area contributed by atoms with E-state index in [1.54, 1.807) is 0 Å². The molecule has 0 spiro atoms. The third-order valence-electron chi connectivity index (χ3n) is 4.98. The average molecular weight is 314 g/mol. The number of phenolic OH excluding ortho intramolecular Hbond substituents is 2. The Labute approximate surface area is 140 Å². The number of benzene rings is 1. The highest BCUT2D eigenvalue weighted by atomic mass is 16.3. The molecule has 2 N–H and O–H groups in total. The zero-order valence-corrected chi connectivity index (χ0v) is 14.7. The Balaban J connectivity index is 2.34. The van der Waals surface area contributed by atoms with E-state index in [4.69, 9.17) is 0 Å². The first-order chi connectivity index (χ1) is 10.9. The quantitative estimate of drug-likeness (QED) is 0.511. The lowest BCUT2D eigenvalue weighted by atomic mass is 9.73. The largest absolute Gasteiger partial charge is 0.507 e. The molecule has 0 saturated carbocycles. The Hall–Kier alpha value is -1.70. The van der Waals surface area contributed by atoms with Crippen molar-refractivity contribution in [2.45, 2.75) is 65.2 Å². The molecule has 2 rings (SSSR count). The molecule has 0 aromatic heterocycles. The zero-order valence-electron chi connectivity index (χ0n) is 14.7. The van der Waals surface area contributed by atoms with Gasteiger partial charge in [0.05, 0.1) is 0 Å². The number of hydrogen-bond acceptors (Lipinski definition) is 2. The third-order valence-corrected chi connectivity index (χ3v) is 4.98. The maximum atomic E-state index is 10.5. The lowest BCUT2D eigenvalue weighted by Gasteiger charge is -2.31. The summed E-state index contributed by atoms with van der Waals surface area (Å²) in [5.41, 5.74) is 4.11. The van der Waals surface area contributed by atoms with Gasteiger partial charge in [-0.3, -0.25) is 0 Å². The van der Waals surface area contributed by atoms with E-state index in [1.807, 2.05) is 19.1 Å². The summed E-state index contributed by atoms with van der Waals surface area (Å²) in [5, 5.41) is 21.1. The number of aryl methyl sites for hydroxylation is 1. The van der Waals surface area contributed by atoms with Crippen LogP contribution in [0.1, 0.15) is 69.9 Å². The summed E-state index contributed by atoms with van der Waals surface area (Å²) in [6.45, 7) is 10.4. The van der Waals surface area contributed by atoms with Crippen LogP contribution in [0.4, 0.5) is 0 Å². The molecule has 0 heterocycles. The minimum absolute atomic E-state index is 0.0194. The highest BCUT2D eigenvalue weighted by molar-refractivity contribution is 5.51. The summed E-state index contributed by atoms with van der Waals surface area (Å²) in [7, 11) is 0. The maximum absolute atomic E-state index is 10.5. The number of aromatic hydroxyl groups is 2. The number of rotatable bonds is 6. The van der Waals surface area contributed by atoms with Crippen LogP contribution in [0.15, 0.2) is 35.9 Å². The molecule has 1 aliphatic carbocycles. The Morgan fingerprint density at radius 1 is 1.22 bits per heavy atom. The average Bonchev–Trinajstić information content (AvgIpc) is 2.46. The van der Waals surface area contributed by atoms with Crippen LogP contribution in [-0.2, 0) is 6.42 Å². The van der Waals surface area contributed by atoms with Crippen LogP contribution in [0.2, 0.25) is 0 Å². The van der Waals surface area contributed by atoms with Gasteiger partial charge in [0, 0.05) is 11.5 Å². The molecule has 1 unspecified atom stereocenters. The fourth-order valence-corrected chi connectivity index (χ4v) is 3.65. The summed E-state index contributed by atoms with van der Waals surface area (Å²) in [6.07, 6.45) is 8.61. The monoisotopic (exact) mass is 314 g/mol. The van der Waals surface area contributed by atoms with E-state index < -0.39 is 0 Å². The van der Waals surface area contributed by atoms with Gasteiger partial charge in [-0.15, -0.1) is 0 Å². The van der Waals surface area contributed by atoms with Crippen molar-refractivity contribution in [2.24, 2.45) is 5.92 Å². The molecular weight excluding hydrogens is 284 g/mol. The summed E-state index contributed by atoms with van der Waals surface area (Å²) in [4.78, 5) is 0. The Kier molecular flexibility index (Phi) is 5.92. The van der Waals surface area contributed by atoms with Crippen LogP contribution < -0.4 is 0 Å². The van der Waals surface area contributed by atoms with Crippen molar-refractivity contribution < 1.29 is 10.2 Å². The molecule has 1 aromatic rings. The topological polar surface area (TPSA) is 40.5 Å². The Morgan fingerprint density at radius 3 is 2.43 bits per heavy atom. The molecule has 0 bridgehead atoms. The van der Waals surface area contributed by atoms with Crippen molar-refractivity contribution in [1.82, 2.24) is 0 Å².